The van der Waals surface area contributed by atoms with Crippen molar-refractivity contribution < 1.29 is 4.79 Å². The number of aromatic nitrogens is 2. The molecule has 6 heteroatoms. The summed E-state index contributed by atoms with van der Waals surface area (Å²) in [7, 11) is 0. The molecule has 3 heterocycles. The molecule has 0 aromatic carbocycles. The van der Waals surface area contributed by atoms with Gasteiger partial charge in [-0.15, -0.1) is 11.3 Å². The third-order valence-electron chi connectivity index (χ3n) is 4.31. The number of thiophene rings is 1. The van der Waals surface area contributed by atoms with Crippen LogP contribution in [-0.4, -0.2) is 29.0 Å². The van der Waals surface area contributed by atoms with Crippen LogP contribution in [0.5, 0.6) is 0 Å². The standard InChI is InChI=1S/C17H22N4OS/c1-17(2,14-4-3-11-23-14)20-16(22)13-5-9-21(10-6-13)15-12-18-7-8-19-15/h3-4,7-8,11-13H,5-6,9-10H2,1-2H3,(H,20,22). The maximum Gasteiger partial charge on any atom is 0.223 e. The van der Waals surface area contributed by atoms with Gasteiger partial charge in [-0.25, -0.2) is 4.98 Å². The van der Waals surface area contributed by atoms with Crippen LogP contribution in [0.2, 0.25) is 0 Å². The minimum atomic E-state index is -0.312. The van der Waals surface area contributed by atoms with Crippen molar-refractivity contribution >= 4 is 23.1 Å². The molecule has 1 aliphatic rings. The Morgan fingerprint density at radius 3 is 2.74 bits per heavy atom. The second-order valence-electron chi connectivity index (χ2n) is 6.42. The van der Waals surface area contributed by atoms with E-state index >= 15 is 0 Å². The summed E-state index contributed by atoms with van der Waals surface area (Å²) >= 11 is 1.68. The highest BCUT2D eigenvalue weighted by molar-refractivity contribution is 7.10. The van der Waals surface area contributed by atoms with Gasteiger partial charge in [0.2, 0.25) is 5.91 Å². The summed E-state index contributed by atoms with van der Waals surface area (Å²) in [5, 5.41) is 5.25. The van der Waals surface area contributed by atoms with E-state index in [0.29, 0.717) is 0 Å². The Bertz CT molecular complexity index is 634. The summed E-state index contributed by atoms with van der Waals surface area (Å²) in [5.41, 5.74) is -0.312. The van der Waals surface area contributed by atoms with Gasteiger partial charge in [-0.3, -0.25) is 9.78 Å². The SMILES string of the molecule is CC(C)(NC(=O)C1CCN(c2cnccn2)CC1)c1cccs1. The number of rotatable bonds is 4. The minimum Gasteiger partial charge on any atom is -0.355 e. The average molecular weight is 330 g/mol. The molecular formula is C17H22N4OS. The van der Waals surface area contributed by atoms with Crippen molar-refractivity contribution in [2.75, 3.05) is 18.0 Å². The maximum atomic E-state index is 12.6. The number of anilines is 1. The van der Waals surface area contributed by atoms with Crippen molar-refractivity contribution in [3.05, 3.63) is 41.0 Å². The van der Waals surface area contributed by atoms with Crippen LogP contribution < -0.4 is 10.2 Å². The number of amides is 1. The van der Waals surface area contributed by atoms with Crippen molar-refractivity contribution in [2.45, 2.75) is 32.2 Å². The molecule has 1 saturated heterocycles. The molecule has 2 aromatic rings. The minimum absolute atomic E-state index is 0.0714. The lowest BCUT2D eigenvalue weighted by Crippen LogP contribution is -2.46. The van der Waals surface area contributed by atoms with Crippen molar-refractivity contribution in [1.82, 2.24) is 15.3 Å². The maximum absolute atomic E-state index is 12.6. The predicted octanol–water partition coefficient (Wildman–Crippen LogP) is 2.81. The summed E-state index contributed by atoms with van der Waals surface area (Å²) in [6.07, 6.45) is 6.86. The van der Waals surface area contributed by atoms with Crippen molar-refractivity contribution in [3.8, 4) is 0 Å². The highest BCUT2D eigenvalue weighted by Gasteiger charge is 2.30. The fourth-order valence-electron chi connectivity index (χ4n) is 2.93. The van der Waals surface area contributed by atoms with E-state index in [1.807, 2.05) is 11.4 Å². The van der Waals surface area contributed by atoms with Crippen LogP contribution in [-0.2, 0) is 10.3 Å². The zero-order valence-electron chi connectivity index (χ0n) is 13.5. The summed E-state index contributed by atoms with van der Waals surface area (Å²) in [5.74, 6) is 1.12. The molecule has 0 saturated carbocycles. The molecule has 1 amide bonds. The zero-order chi connectivity index (χ0) is 16.3. The normalized spacial score (nSPS) is 16.3. The predicted molar refractivity (Wildman–Crippen MR) is 92.5 cm³/mol. The van der Waals surface area contributed by atoms with Crippen LogP contribution in [0.1, 0.15) is 31.6 Å². The van der Waals surface area contributed by atoms with Gasteiger partial charge >= 0.3 is 0 Å². The second-order valence-corrected chi connectivity index (χ2v) is 7.36. The summed E-state index contributed by atoms with van der Waals surface area (Å²) < 4.78 is 0. The van der Waals surface area contributed by atoms with Gasteiger partial charge < -0.3 is 10.2 Å². The Balaban J connectivity index is 1.56. The molecule has 1 aliphatic heterocycles. The monoisotopic (exact) mass is 330 g/mol. The number of carbonyl (C=O) groups excluding carboxylic acids is 1. The highest BCUT2D eigenvalue weighted by atomic mass is 32.1. The van der Waals surface area contributed by atoms with E-state index in [0.717, 1.165) is 31.7 Å². The second kappa shape index (κ2) is 6.66. The van der Waals surface area contributed by atoms with E-state index in [4.69, 9.17) is 0 Å². The van der Waals surface area contributed by atoms with Gasteiger partial charge in [0.15, 0.2) is 0 Å². The number of piperidine rings is 1. The van der Waals surface area contributed by atoms with E-state index < -0.39 is 0 Å². The first-order valence-corrected chi connectivity index (χ1v) is 8.81. The van der Waals surface area contributed by atoms with Crippen LogP contribution in [0.3, 0.4) is 0 Å². The van der Waals surface area contributed by atoms with Crippen molar-refractivity contribution in [3.63, 3.8) is 0 Å². The molecule has 1 fully saturated rings. The van der Waals surface area contributed by atoms with E-state index in [9.17, 15) is 4.79 Å². The Labute approximate surface area is 140 Å². The lowest BCUT2D eigenvalue weighted by atomic mass is 9.93. The molecule has 122 valence electrons. The van der Waals surface area contributed by atoms with Crippen LogP contribution in [0.25, 0.3) is 0 Å². The first-order chi connectivity index (χ1) is 11.1. The molecule has 0 aliphatic carbocycles. The van der Waals surface area contributed by atoms with Gasteiger partial charge in [0.1, 0.15) is 5.82 Å². The quantitative estimate of drug-likeness (QED) is 0.936. The lowest BCUT2D eigenvalue weighted by molar-refractivity contribution is -0.127. The van der Waals surface area contributed by atoms with Gasteiger partial charge in [-0.2, -0.15) is 0 Å². The molecule has 0 spiro atoms. The number of nitrogens with zero attached hydrogens (tertiary/aromatic N) is 3. The topological polar surface area (TPSA) is 58.1 Å². The number of carbonyl (C=O) groups is 1. The third-order valence-corrected chi connectivity index (χ3v) is 5.51. The summed E-state index contributed by atoms with van der Waals surface area (Å²) in [6, 6.07) is 4.09. The van der Waals surface area contributed by atoms with E-state index in [2.05, 4.69) is 40.1 Å². The molecular weight excluding hydrogens is 308 g/mol. The molecule has 2 aromatic heterocycles. The zero-order valence-corrected chi connectivity index (χ0v) is 14.3. The number of hydrogen-bond acceptors (Lipinski definition) is 5. The molecule has 1 N–H and O–H groups in total. The van der Waals surface area contributed by atoms with Crippen molar-refractivity contribution in [2.24, 2.45) is 5.92 Å². The Kier molecular flexibility index (Phi) is 4.61. The van der Waals surface area contributed by atoms with Crippen LogP contribution >= 0.6 is 11.3 Å². The van der Waals surface area contributed by atoms with Gasteiger partial charge in [0.05, 0.1) is 11.7 Å². The molecule has 0 atom stereocenters. The van der Waals surface area contributed by atoms with Crippen molar-refractivity contribution in [1.29, 1.82) is 0 Å². The summed E-state index contributed by atoms with van der Waals surface area (Å²) in [6.45, 7) is 5.81. The van der Waals surface area contributed by atoms with Crippen LogP contribution in [0, 0.1) is 5.92 Å². The fourth-order valence-corrected chi connectivity index (χ4v) is 3.74. The smallest absolute Gasteiger partial charge is 0.223 e. The van der Waals surface area contributed by atoms with Gasteiger partial charge in [-0.1, -0.05) is 6.07 Å². The number of nitrogens with one attached hydrogen (secondary N) is 1. The molecule has 0 unspecified atom stereocenters. The summed E-state index contributed by atoms with van der Waals surface area (Å²) in [4.78, 5) is 24.4. The Morgan fingerprint density at radius 2 is 2.13 bits per heavy atom. The van der Waals surface area contributed by atoms with E-state index in [-0.39, 0.29) is 17.4 Å². The average Bonchev–Trinajstić information content (AvgIpc) is 3.11. The molecule has 0 radical (unpaired) electrons. The third kappa shape index (κ3) is 3.69. The number of hydrogen-bond donors (Lipinski definition) is 1. The van der Waals surface area contributed by atoms with Gasteiger partial charge in [-0.05, 0) is 38.1 Å². The van der Waals surface area contributed by atoms with Gasteiger partial charge in [0, 0.05) is 36.3 Å². The van der Waals surface area contributed by atoms with E-state index in [1.165, 1.54) is 4.88 Å². The Hall–Kier alpha value is -1.95. The molecule has 3 rings (SSSR count). The van der Waals surface area contributed by atoms with Crippen LogP contribution in [0.4, 0.5) is 5.82 Å². The van der Waals surface area contributed by atoms with Gasteiger partial charge in [0.25, 0.3) is 0 Å². The first-order valence-electron chi connectivity index (χ1n) is 7.93. The first kappa shape index (κ1) is 15.9. The fraction of sp³-hybridized carbons (Fsp3) is 0.471. The lowest BCUT2D eigenvalue weighted by Gasteiger charge is -2.34. The Morgan fingerprint density at radius 1 is 1.35 bits per heavy atom. The molecule has 5 nitrogen and oxygen atoms in total. The molecule has 0 bridgehead atoms. The van der Waals surface area contributed by atoms with E-state index in [1.54, 1.807) is 29.9 Å². The highest BCUT2D eigenvalue weighted by Crippen LogP contribution is 2.27. The van der Waals surface area contributed by atoms with Crippen LogP contribution in [0.15, 0.2) is 36.1 Å². The largest absolute Gasteiger partial charge is 0.355 e. The molecule has 23 heavy (non-hydrogen) atoms.